The van der Waals surface area contributed by atoms with Crippen LogP contribution in [-0.4, -0.2) is 45.0 Å². The number of anilines is 1. The van der Waals surface area contributed by atoms with Crippen molar-refractivity contribution in [3.63, 3.8) is 0 Å². The van der Waals surface area contributed by atoms with E-state index in [4.69, 9.17) is 4.74 Å². The van der Waals surface area contributed by atoms with E-state index in [1.165, 1.54) is 12.1 Å². The molecule has 9 heteroatoms. The zero-order chi connectivity index (χ0) is 19.6. The van der Waals surface area contributed by atoms with Crippen LogP contribution in [0.5, 0.6) is 0 Å². The lowest BCUT2D eigenvalue weighted by molar-refractivity contribution is 0.0986. The fourth-order valence-corrected chi connectivity index (χ4v) is 4.29. The molecule has 4 heterocycles. The van der Waals surface area contributed by atoms with Gasteiger partial charge in [0, 0.05) is 18.3 Å². The molecule has 1 N–H and O–H groups in total. The van der Waals surface area contributed by atoms with Gasteiger partial charge in [-0.25, -0.2) is 13.5 Å². The van der Waals surface area contributed by atoms with Gasteiger partial charge in [-0.05, 0) is 43.5 Å². The van der Waals surface area contributed by atoms with E-state index in [2.05, 4.69) is 20.0 Å². The van der Waals surface area contributed by atoms with Gasteiger partial charge in [0.15, 0.2) is 5.65 Å². The Morgan fingerprint density at radius 3 is 2.64 bits per heavy atom. The first kappa shape index (κ1) is 17.3. The Morgan fingerprint density at radius 1 is 1.29 bits per heavy atom. The molecule has 3 aromatic rings. The smallest absolute Gasteiger partial charge is 0.263 e. The van der Waals surface area contributed by atoms with Gasteiger partial charge in [-0.15, -0.1) is 5.10 Å². The molecular formula is C19H19F2N5O2. The van der Waals surface area contributed by atoms with Crippen LogP contribution in [0.4, 0.5) is 14.7 Å². The lowest BCUT2D eigenvalue weighted by atomic mass is 10.0. The maximum absolute atomic E-state index is 13.0. The normalized spacial score (nSPS) is 21.4. The Morgan fingerprint density at radius 2 is 2.04 bits per heavy atom. The SMILES string of the molecule is Cc1cc(C(F)F)cc(C)c1-n1cc2c(=O)[nH]c(N3C[C@H]4C[C@@H]3CO4)nc2n1. The van der Waals surface area contributed by atoms with E-state index in [-0.39, 0.29) is 23.3 Å². The highest BCUT2D eigenvalue weighted by molar-refractivity contribution is 5.75. The molecule has 2 fully saturated rings. The number of fused-ring (bicyclic) bond motifs is 3. The summed E-state index contributed by atoms with van der Waals surface area (Å²) in [5.74, 6) is 0.500. The molecule has 0 radical (unpaired) electrons. The summed E-state index contributed by atoms with van der Waals surface area (Å²) in [6, 6.07) is 3.12. The number of H-pyrrole nitrogens is 1. The molecule has 0 amide bonds. The second-order valence-corrected chi connectivity index (χ2v) is 7.50. The Balaban J connectivity index is 1.59. The number of nitrogens with zero attached hydrogens (tertiary/aromatic N) is 4. The number of morpholine rings is 1. The minimum atomic E-state index is -2.53. The molecule has 28 heavy (non-hydrogen) atoms. The standard InChI is InChI=1S/C19H19F2N5O2/c1-9-3-11(16(20)21)4-10(2)15(9)26-7-14-17(24-26)22-19(23-18(14)27)25-6-13-5-12(25)8-28-13/h3-4,7,12-13,16H,5-6,8H2,1-2H3,(H,22,23,24,27)/t12-,13-/m1/s1. The van der Waals surface area contributed by atoms with Gasteiger partial charge in [-0.1, -0.05) is 0 Å². The fraction of sp³-hybridized carbons (Fsp3) is 0.421. The predicted octanol–water partition coefficient (Wildman–Crippen LogP) is 2.64. The lowest BCUT2D eigenvalue weighted by Crippen LogP contribution is -2.38. The van der Waals surface area contributed by atoms with Gasteiger partial charge in [0.25, 0.3) is 12.0 Å². The molecule has 2 aromatic heterocycles. The van der Waals surface area contributed by atoms with Gasteiger partial charge < -0.3 is 9.64 Å². The monoisotopic (exact) mass is 387 g/mol. The molecule has 1 aromatic carbocycles. The number of aromatic amines is 1. The van der Waals surface area contributed by atoms with Crippen LogP contribution in [0.2, 0.25) is 0 Å². The number of hydrogen-bond donors (Lipinski definition) is 1. The number of aromatic nitrogens is 4. The topological polar surface area (TPSA) is 76.0 Å². The van der Waals surface area contributed by atoms with Gasteiger partial charge in [-0.2, -0.15) is 4.98 Å². The van der Waals surface area contributed by atoms with Crippen molar-refractivity contribution >= 4 is 17.0 Å². The maximum Gasteiger partial charge on any atom is 0.263 e. The van der Waals surface area contributed by atoms with Crippen LogP contribution in [-0.2, 0) is 4.74 Å². The summed E-state index contributed by atoms with van der Waals surface area (Å²) >= 11 is 0. The summed E-state index contributed by atoms with van der Waals surface area (Å²) in [5.41, 5.74) is 2.04. The number of nitrogens with one attached hydrogen (secondary N) is 1. The van der Waals surface area contributed by atoms with Crippen LogP contribution in [0.3, 0.4) is 0 Å². The lowest BCUT2D eigenvalue weighted by Gasteiger charge is -2.26. The number of halogens is 2. The molecule has 0 spiro atoms. The zero-order valence-corrected chi connectivity index (χ0v) is 15.4. The van der Waals surface area contributed by atoms with Crippen molar-refractivity contribution in [1.82, 2.24) is 19.7 Å². The van der Waals surface area contributed by atoms with Crippen LogP contribution in [0.15, 0.2) is 23.1 Å². The Bertz CT molecular complexity index is 1120. The molecule has 5 rings (SSSR count). The van der Waals surface area contributed by atoms with E-state index in [0.717, 1.165) is 6.42 Å². The van der Waals surface area contributed by atoms with Crippen molar-refractivity contribution in [3.05, 3.63) is 45.4 Å². The minimum absolute atomic E-state index is 0.0278. The summed E-state index contributed by atoms with van der Waals surface area (Å²) in [4.78, 5) is 22.1. The first-order valence-corrected chi connectivity index (χ1v) is 9.18. The second kappa shape index (κ2) is 6.10. The Hall–Kier alpha value is -2.81. The molecule has 2 aliphatic heterocycles. The van der Waals surface area contributed by atoms with Crippen LogP contribution in [0, 0.1) is 13.8 Å². The zero-order valence-electron chi connectivity index (χ0n) is 15.4. The third kappa shape index (κ3) is 2.61. The van der Waals surface area contributed by atoms with Gasteiger partial charge in [0.05, 0.1) is 24.4 Å². The van der Waals surface area contributed by atoms with Crippen LogP contribution in [0.1, 0.15) is 29.5 Å². The van der Waals surface area contributed by atoms with Crippen molar-refractivity contribution < 1.29 is 13.5 Å². The van der Waals surface area contributed by atoms with Gasteiger partial charge >= 0.3 is 0 Å². The summed E-state index contributed by atoms with van der Waals surface area (Å²) < 4.78 is 33.2. The number of benzene rings is 1. The Kier molecular flexibility index (Phi) is 3.77. The third-order valence-electron chi connectivity index (χ3n) is 5.54. The van der Waals surface area contributed by atoms with Crippen molar-refractivity contribution in [2.24, 2.45) is 0 Å². The molecule has 146 valence electrons. The fourth-order valence-electron chi connectivity index (χ4n) is 4.29. The van der Waals surface area contributed by atoms with Crippen LogP contribution < -0.4 is 10.5 Å². The molecule has 7 nitrogen and oxygen atoms in total. The number of ether oxygens (including phenoxy) is 1. The molecule has 2 aliphatic rings. The van der Waals surface area contributed by atoms with Crippen LogP contribution in [0.25, 0.3) is 16.7 Å². The highest BCUT2D eigenvalue weighted by Gasteiger charge is 2.40. The Labute approximate surface area is 158 Å². The average Bonchev–Trinajstić information content (AvgIpc) is 3.36. The quantitative estimate of drug-likeness (QED) is 0.748. The van der Waals surface area contributed by atoms with Gasteiger partial charge in [0.2, 0.25) is 5.95 Å². The predicted molar refractivity (Wildman–Crippen MR) is 99.4 cm³/mol. The van der Waals surface area contributed by atoms with E-state index in [1.807, 2.05) is 0 Å². The highest BCUT2D eigenvalue weighted by atomic mass is 19.3. The maximum atomic E-state index is 13.0. The van der Waals surface area contributed by atoms with Crippen molar-refractivity contribution in [2.75, 3.05) is 18.1 Å². The van der Waals surface area contributed by atoms with Gasteiger partial charge in [-0.3, -0.25) is 9.78 Å². The summed E-state index contributed by atoms with van der Waals surface area (Å²) in [6.07, 6.45) is 0.185. The van der Waals surface area contributed by atoms with Gasteiger partial charge in [0.1, 0.15) is 5.39 Å². The van der Waals surface area contributed by atoms with E-state index in [9.17, 15) is 13.6 Å². The largest absolute Gasteiger partial charge is 0.374 e. The number of hydrogen-bond acceptors (Lipinski definition) is 5. The summed E-state index contributed by atoms with van der Waals surface area (Å²) in [5, 5.41) is 4.84. The number of rotatable bonds is 3. The van der Waals surface area contributed by atoms with E-state index < -0.39 is 6.43 Å². The minimum Gasteiger partial charge on any atom is -0.374 e. The molecule has 2 bridgehead atoms. The second-order valence-electron chi connectivity index (χ2n) is 7.50. The number of alkyl halides is 2. The van der Waals surface area contributed by atoms with Crippen molar-refractivity contribution in [2.45, 2.75) is 38.8 Å². The van der Waals surface area contributed by atoms with Crippen LogP contribution >= 0.6 is 0 Å². The summed E-state index contributed by atoms with van der Waals surface area (Å²) in [7, 11) is 0. The molecule has 0 saturated carbocycles. The third-order valence-corrected chi connectivity index (χ3v) is 5.54. The average molecular weight is 387 g/mol. The first-order chi connectivity index (χ1) is 13.4. The summed E-state index contributed by atoms with van der Waals surface area (Å²) in [6.45, 7) is 4.85. The first-order valence-electron chi connectivity index (χ1n) is 9.18. The van der Waals surface area contributed by atoms with E-state index in [1.54, 1.807) is 24.7 Å². The molecule has 2 atom stereocenters. The number of aryl methyl sites for hydroxylation is 2. The molecule has 0 unspecified atom stereocenters. The molecule has 2 saturated heterocycles. The van der Waals surface area contributed by atoms with E-state index >= 15 is 0 Å². The van der Waals surface area contributed by atoms with Crippen molar-refractivity contribution in [3.8, 4) is 5.69 Å². The van der Waals surface area contributed by atoms with E-state index in [0.29, 0.717) is 46.9 Å². The highest BCUT2D eigenvalue weighted by Crippen LogP contribution is 2.31. The van der Waals surface area contributed by atoms with Crippen molar-refractivity contribution in [1.29, 1.82) is 0 Å². The molecule has 0 aliphatic carbocycles. The molecular weight excluding hydrogens is 368 g/mol.